The fraction of sp³-hybridized carbons (Fsp3) is 0.273. The Labute approximate surface area is 186 Å². The summed E-state index contributed by atoms with van der Waals surface area (Å²) in [6.45, 7) is 1.38. The fourth-order valence-electron chi connectivity index (χ4n) is 3.44. The summed E-state index contributed by atoms with van der Waals surface area (Å²) < 4.78 is 43.0. The third-order valence-corrected chi connectivity index (χ3v) is 5.66. The van der Waals surface area contributed by atoms with E-state index in [9.17, 15) is 13.2 Å². The van der Waals surface area contributed by atoms with Crippen molar-refractivity contribution in [3.63, 3.8) is 0 Å². The number of pyridine rings is 1. The first-order valence-electron chi connectivity index (χ1n) is 9.86. The van der Waals surface area contributed by atoms with E-state index in [1.165, 1.54) is 27.9 Å². The monoisotopic (exact) mass is 456 g/mol. The van der Waals surface area contributed by atoms with E-state index in [1.54, 1.807) is 12.1 Å². The fourth-order valence-corrected chi connectivity index (χ4v) is 3.74. The van der Waals surface area contributed by atoms with Crippen molar-refractivity contribution in [1.29, 1.82) is 0 Å². The maximum atomic E-state index is 14.3. The summed E-state index contributed by atoms with van der Waals surface area (Å²) in [5.74, 6) is 5.82. The lowest BCUT2D eigenvalue weighted by Gasteiger charge is -2.25. The van der Waals surface area contributed by atoms with Gasteiger partial charge in [0.15, 0.2) is 0 Å². The van der Waals surface area contributed by atoms with Crippen LogP contribution < -0.4 is 4.90 Å². The van der Waals surface area contributed by atoms with E-state index < -0.39 is 18.8 Å². The number of benzene rings is 1. The minimum absolute atomic E-state index is 0.00884. The normalized spacial score (nSPS) is 14.6. The molecule has 0 N–H and O–H groups in total. The van der Waals surface area contributed by atoms with Crippen molar-refractivity contribution in [2.75, 3.05) is 11.4 Å². The van der Waals surface area contributed by atoms with Gasteiger partial charge in [-0.25, -0.2) is 18.2 Å². The van der Waals surface area contributed by atoms with Gasteiger partial charge >= 0.3 is 0 Å². The van der Waals surface area contributed by atoms with E-state index in [0.717, 1.165) is 18.9 Å². The highest BCUT2D eigenvalue weighted by Gasteiger charge is 2.35. The van der Waals surface area contributed by atoms with Crippen LogP contribution in [0.4, 0.5) is 24.7 Å². The van der Waals surface area contributed by atoms with Crippen LogP contribution in [0.5, 0.6) is 0 Å². The Morgan fingerprint density at radius 1 is 1.28 bits per heavy atom. The SMILES string of the molecule is CC1(C#Cc2cc(N(CC(F)F)c3nc4nncn4c4c(Cl)cc(F)cc34)ccn2)CC1. The zero-order valence-electron chi connectivity index (χ0n) is 16.9. The van der Waals surface area contributed by atoms with Crippen LogP contribution in [-0.4, -0.2) is 37.5 Å². The van der Waals surface area contributed by atoms with Gasteiger partial charge in [-0.1, -0.05) is 17.5 Å². The lowest BCUT2D eigenvalue weighted by molar-refractivity contribution is 0.158. The topological polar surface area (TPSA) is 59.2 Å². The minimum atomic E-state index is -2.70. The standard InChI is InChI=1S/C22H16ClF3N6/c1-22(5-6-22)4-2-14-10-15(3-7-27-14)31(11-18(25)26)20-16-8-13(24)9-17(23)19(16)32-12-28-30-21(32)29-20/h3,7-10,12,18H,5-6,11H2,1H3. The third-order valence-electron chi connectivity index (χ3n) is 5.37. The summed E-state index contributed by atoms with van der Waals surface area (Å²) >= 11 is 6.30. The number of hydrogen-bond acceptors (Lipinski definition) is 5. The Kier molecular flexibility index (Phi) is 4.90. The number of hydrogen-bond donors (Lipinski definition) is 0. The van der Waals surface area contributed by atoms with Crippen LogP contribution >= 0.6 is 11.6 Å². The van der Waals surface area contributed by atoms with Gasteiger partial charge in [0.1, 0.15) is 23.7 Å². The molecule has 1 aliphatic rings. The maximum absolute atomic E-state index is 14.3. The first-order valence-corrected chi connectivity index (χ1v) is 10.2. The van der Waals surface area contributed by atoms with Gasteiger partial charge in [0.2, 0.25) is 0 Å². The number of rotatable bonds is 4. The molecule has 0 bridgehead atoms. The van der Waals surface area contributed by atoms with Crippen LogP contribution in [0.15, 0.2) is 36.8 Å². The molecular formula is C22H16ClF3N6. The molecule has 0 spiro atoms. The highest BCUT2D eigenvalue weighted by atomic mass is 35.5. The molecule has 32 heavy (non-hydrogen) atoms. The molecule has 1 aromatic carbocycles. The van der Waals surface area contributed by atoms with Crippen LogP contribution in [0.2, 0.25) is 5.02 Å². The highest BCUT2D eigenvalue weighted by Crippen LogP contribution is 2.44. The Balaban J connectivity index is 1.71. The van der Waals surface area contributed by atoms with Crippen LogP contribution in [0.3, 0.4) is 0 Å². The number of nitrogens with zero attached hydrogens (tertiary/aromatic N) is 6. The van der Waals surface area contributed by atoms with Gasteiger partial charge in [-0.3, -0.25) is 4.40 Å². The van der Waals surface area contributed by atoms with Gasteiger partial charge in [-0.15, -0.1) is 10.2 Å². The number of alkyl halides is 2. The molecule has 3 heterocycles. The minimum Gasteiger partial charge on any atom is -0.320 e. The van der Waals surface area contributed by atoms with Crippen molar-refractivity contribution < 1.29 is 13.2 Å². The Morgan fingerprint density at radius 3 is 2.84 bits per heavy atom. The Morgan fingerprint density at radius 2 is 2.09 bits per heavy atom. The Bertz CT molecular complexity index is 1400. The summed E-state index contributed by atoms with van der Waals surface area (Å²) in [6, 6.07) is 5.54. The van der Waals surface area contributed by atoms with Gasteiger partial charge in [0.05, 0.1) is 17.1 Å². The second kappa shape index (κ2) is 7.64. The van der Waals surface area contributed by atoms with Gasteiger partial charge in [-0.05, 0) is 50.0 Å². The van der Waals surface area contributed by atoms with Crippen molar-refractivity contribution in [1.82, 2.24) is 24.6 Å². The molecule has 4 aromatic rings. The summed E-state index contributed by atoms with van der Waals surface area (Å²) in [5, 5.41) is 8.08. The Hall–Kier alpha value is -3.38. The van der Waals surface area contributed by atoms with Crippen molar-refractivity contribution in [2.24, 2.45) is 5.41 Å². The number of anilines is 2. The molecule has 10 heteroatoms. The van der Waals surface area contributed by atoms with E-state index in [4.69, 9.17) is 11.6 Å². The van der Waals surface area contributed by atoms with Gasteiger partial charge < -0.3 is 4.90 Å². The predicted octanol–water partition coefficient (Wildman–Crippen LogP) is 5.02. The number of halogens is 4. The van der Waals surface area contributed by atoms with Crippen LogP contribution in [0, 0.1) is 23.1 Å². The van der Waals surface area contributed by atoms with Crippen molar-refractivity contribution in [3.8, 4) is 11.8 Å². The molecule has 0 saturated heterocycles. The summed E-state index contributed by atoms with van der Waals surface area (Å²) in [5.41, 5.74) is 1.20. The molecule has 162 valence electrons. The average Bonchev–Trinajstić information content (AvgIpc) is 3.30. The molecule has 0 amide bonds. The smallest absolute Gasteiger partial charge is 0.257 e. The molecule has 1 fully saturated rings. The van der Waals surface area contributed by atoms with E-state index in [-0.39, 0.29) is 27.4 Å². The third kappa shape index (κ3) is 3.82. The zero-order chi connectivity index (χ0) is 22.5. The lowest BCUT2D eigenvalue weighted by atomic mass is 10.1. The first-order chi connectivity index (χ1) is 15.3. The van der Waals surface area contributed by atoms with Crippen LogP contribution in [-0.2, 0) is 0 Å². The molecule has 5 rings (SSSR count). The van der Waals surface area contributed by atoms with Crippen LogP contribution in [0.1, 0.15) is 25.5 Å². The largest absolute Gasteiger partial charge is 0.320 e. The predicted molar refractivity (Wildman–Crippen MR) is 115 cm³/mol. The van der Waals surface area contributed by atoms with Crippen molar-refractivity contribution in [2.45, 2.75) is 26.2 Å². The quantitative estimate of drug-likeness (QED) is 0.403. The number of fused-ring (bicyclic) bond motifs is 3. The maximum Gasteiger partial charge on any atom is 0.257 e. The van der Waals surface area contributed by atoms with Crippen molar-refractivity contribution >= 4 is 39.8 Å². The first kappa shape index (κ1) is 20.5. The van der Waals surface area contributed by atoms with Gasteiger partial charge in [0.25, 0.3) is 12.2 Å². The van der Waals surface area contributed by atoms with Gasteiger partial charge in [-0.2, -0.15) is 4.98 Å². The van der Waals surface area contributed by atoms with Crippen molar-refractivity contribution in [3.05, 3.63) is 53.3 Å². The van der Waals surface area contributed by atoms with Crippen LogP contribution in [0.25, 0.3) is 16.7 Å². The molecule has 0 atom stereocenters. The summed E-state index contributed by atoms with van der Waals surface area (Å²) in [6.07, 6.45) is 2.24. The second-order valence-electron chi connectivity index (χ2n) is 7.93. The molecule has 0 radical (unpaired) electrons. The van der Waals surface area contributed by atoms with E-state index >= 15 is 0 Å². The molecular weight excluding hydrogens is 441 g/mol. The molecule has 0 aliphatic heterocycles. The highest BCUT2D eigenvalue weighted by molar-refractivity contribution is 6.35. The second-order valence-corrected chi connectivity index (χ2v) is 8.34. The van der Waals surface area contributed by atoms with E-state index in [1.807, 2.05) is 0 Å². The lowest BCUT2D eigenvalue weighted by Crippen LogP contribution is -2.25. The molecule has 3 aromatic heterocycles. The van der Waals surface area contributed by atoms with Gasteiger partial charge in [0, 0.05) is 22.7 Å². The van der Waals surface area contributed by atoms with E-state index in [0.29, 0.717) is 16.9 Å². The summed E-state index contributed by atoms with van der Waals surface area (Å²) in [4.78, 5) is 9.94. The van der Waals surface area contributed by atoms with E-state index in [2.05, 4.69) is 38.9 Å². The zero-order valence-corrected chi connectivity index (χ0v) is 17.6. The molecule has 1 saturated carbocycles. The molecule has 0 unspecified atom stereocenters. The number of aromatic nitrogens is 5. The average molecular weight is 457 g/mol. The summed E-state index contributed by atoms with van der Waals surface area (Å²) in [7, 11) is 0. The molecule has 1 aliphatic carbocycles. The molecule has 6 nitrogen and oxygen atoms in total.